The van der Waals surface area contributed by atoms with Crippen molar-refractivity contribution in [1.82, 2.24) is 0 Å². The Hall–Kier alpha value is -1.08. The number of anilines is 1. The van der Waals surface area contributed by atoms with E-state index in [1.807, 2.05) is 36.5 Å². The van der Waals surface area contributed by atoms with Crippen molar-refractivity contribution in [2.45, 2.75) is 0 Å². The molecule has 2 aromatic rings. The molecule has 1 aliphatic heterocycles. The highest BCUT2D eigenvalue weighted by Crippen LogP contribution is 2.35. The highest BCUT2D eigenvalue weighted by atomic mass is 79.9. The fourth-order valence-electron chi connectivity index (χ4n) is 2.66. The Labute approximate surface area is 169 Å². The van der Waals surface area contributed by atoms with Gasteiger partial charge in [-0.05, 0) is 67.8 Å². The molecule has 0 radical (unpaired) electrons. The van der Waals surface area contributed by atoms with Crippen LogP contribution < -0.4 is 9.64 Å². The molecule has 4 nitrogen and oxygen atoms in total. The van der Waals surface area contributed by atoms with Crippen molar-refractivity contribution in [1.29, 1.82) is 0 Å². The summed E-state index contributed by atoms with van der Waals surface area (Å²) in [6.45, 7) is 3.15. The minimum atomic E-state index is 0.668. The number of ether oxygens (including phenoxy) is 2. The summed E-state index contributed by atoms with van der Waals surface area (Å²) in [5, 5.41) is 0.668. The minimum Gasteiger partial charge on any atom is -0.494 e. The zero-order valence-electron chi connectivity index (χ0n) is 13.6. The third-order valence-electron chi connectivity index (χ3n) is 3.87. The van der Waals surface area contributed by atoms with Gasteiger partial charge >= 0.3 is 0 Å². The van der Waals surface area contributed by atoms with Gasteiger partial charge in [-0.1, -0.05) is 11.6 Å². The first kappa shape index (κ1) is 18.7. The van der Waals surface area contributed by atoms with E-state index in [1.54, 1.807) is 7.11 Å². The van der Waals surface area contributed by atoms with E-state index in [4.69, 9.17) is 21.1 Å². The first-order valence-electron chi connectivity index (χ1n) is 7.78. The first-order chi connectivity index (χ1) is 12.1. The van der Waals surface area contributed by atoms with E-state index < -0.39 is 0 Å². The highest BCUT2D eigenvalue weighted by molar-refractivity contribution is 9.11. The van der Waals surface area contributed by atoms with Gasteiger partial charge in [0, 0.05) is 24.3 Å². The van der Waals surface area contributed by atoms with Crippen molar-refractivity contribution in [3.63, 3.8) is 0 Å². The summed E-state index contributed by atoms with van der Waals surface area (Å²) in [6.07, 6.45) is 1.82. The molecule has 0 N–H and O–H groups in total. The third kappa shape index (κ3) is 4.56. The van der Waals surface area contributed by atoms with Crippen LogP contribution in [0.4, 0.5) is 11.4 Å². The van der Waals surface area contributed by atoms with E-state index in [0.29, 0.717) is 5.02 Å². The maximum Gasteiger partial charge on any atom is 0.147 e. The number of methoxy groups -OCH3 is 1. The van der Waals surface area contributed by atoms with Crippen LogP contribution in [0.25, 0.3) is 0 Å². The van der Waals surface area contributed by atoms with E-state index in [2.05, 4.69) is 41.8 Å². The number of hydrogen-bond donors (Lipinski definition) is 0. The lowest BCUT2D eigenvalue weighted by Gasteiger charge is -2.29. The summed E-state index contributed by atoms with van der Waals surface area (Å²) in [5.41, 5.74) is 2.86. The fraction of sp³-hybridized carbons (Fsp3) is 0.278. The Bertz CT molecular complexity index is 770. The van der Waals surface area contributed by atoms with Crippen LogP contribution in [-0.2, 0) is 4.74 Å². The number of hydrogen-bond acceptors (Lipinski definition) is 4. The maximum atomic E-state index is 6.18. The zero-order valence-corrected chi connectivity index (χ0v) is 17.6. The molecule has 0 bridgehead atoms. The lowest BCUT2D eigenvalue weighted by Crippen LogP contribution is -2.36. The fourth-order valence-corrected chi connectivity index (χ4v) is 4.38. The number of aliphatic imine (C=N–C) groups is 1. The molecule has 1 saturated heterocycles. The molecule has 0 atom stereocenters. The summed E-state index contributed by atoms with van der Waals surface area (Å²) < 4.78 is 12.5. The molecule has 0 aromatic heterocycles. The van der Waals surface area contributed by atoms with Crippen LogP contribution in [-0.4, -0.2) is 39.6 Å². The van der Waals surface area contributed by atoms with Gasteiger partial charge in [0.1, 0.15) is 5.75 Å². The van der Waals surface area contributed by atoms with Gasteiger partial charge in [0.15, 0.2) is 0 Å². The molecule has 0 saturated carbocycles. The van der Waals surface area contributed by atoms with Crippen LogP contribution in [0, 0.1) is 0 Å². The largest absolute Gasteiger partial charge is 0.494 e. The average Bonchev–Trinajstić information content (AvgIpc) is 2.60. The van der Waals surface area contributed by atoms with E-state index in [-0.39, 0.29) is 0 Å². The first-order valence-corrected chi connectivity index (χ1v) is 9.74. The minimum absolute atomic E-state index is 0.668. The molecule has 25 heavy (non-hydrogen) atoms. The zero-order chi connectivity index (χ0) is 17.8. The SMILES string of the molecule is COc1c(Br)cc(C=Nc2cc(Cl)ccc2N2CCOCC2)cc1Br. The molecule has 0 spiro atoms. The number of benzene rings is 2. The second-order valence-corrected chi connectivity index (χ2v) is 7.65. The van der Waals surface area contributed by atoms with Gasteiger partial charge in [0.2, 0.25) is 0 Å². The molecular formula is C18H17Br2ClN2O2. The van der Waals surface area contributed by atoms with E-state index >= 15 is 0 Å². The lowest BCUT2D eigenvalue weighted by molar-refractivity contribution is 0.123. The van der Waals surface area contributed by atoms with Crippen LogP contribution >= 0.6 is 43.5 Å². The van der Waals surface area contributed by atoms with Crippen LogP contribution in [0.3, 0.4) is 0 Å². The molecule has 3 rings (SSSR count). The summed E-state index contributed by atoms with van der Waals surface area (Å²) in [7, 11) is 1.64. The Morgan fingerprint density at radius 1 is 1.16 bits per heavy atom. The monoisotopic (exact) mass is 486 g/mol. The molecule has 0 unspecified atom stereocenters. The predicted octanol–water partition coefficient (Wildman–Crippen LogP) is 5.46. The third-order valence-corrected chi connectivity index (χ3v) is 5.28. The molecule has 0 aliphatic carbocycles. The maximum absolute atomic E-state index is 6.18. The Morgan fingerprint density at radius 2 is 1.84 bits per heavy atom. The number of nitrogens with zero attached hydrogens (tertiary/aromatic N) is 2. The molecule has 132 valence electrons. The van der Waals surface area contributed by atoms with Crippen molar-refractivity contribution >= 4 is 61.1 Å². The molecule has 1 aliphatic rings. The van der Waals surface area contributed by atoms with Crippen molar-refractivity contribution in [3.05, 3.63) is 49.9 Å². The Kier molecular flexibility index (Phi) is 6.39. The molecule has 1 heterocycles. The van der Waals surface area contributed by atoms with Crippen molar-refractivity contribution in [3.8, 4) is 5.75 Å². The standard InChI is InChI=1S/C18H17Br2ClN2O2/c1-24-18-14(19)8-12(9-15(18)20)11-22-16-10-13(21)2-3-17(16)23-4-6-25-7-5-23/h2-3,8-11H,4-7H2,1H3. The van der Waals surface area contributed by atoms with Crippen molar-refractivity contribution < 1.29 is 9.47 Å². The smallest absolute Gasteiger partial charge is 0.147 e. The molecule has 0 amide bonds. The Balaban J connectivity index is 1.91. The summed E-state index contributed by atoms with van der Waals surface area (Å²) in [5.74, 6) is 0.758. The van der Waals surface area contributed by atoms with Crippen LogP contribution in [0.1, 0.15) is 5.56 Å². The average molecular weight is 489 g/mol. The van der Waals surface area contributed by atoms with Gasteiger partial charge in [-0.25, -0.2) is 0 Å². The van der Waals surface area contributed by atoms with Gasteiger partial charge in [0.25, 0.3) is 0 Å². The van der Waals surface area contributed by atoms with Crippen molar-refractivity contribution in [2.24, 2.45) is 4.99 Å². The van der Waals surface area contributed by atoms with Gasteiger partial charge in [-0.15, -0.1) is 0 Å². The van der Waals surface area contributed by atoms with E-state index in [1.165, 1.54) is 0 Å². The van der Waals surface area contributed by atoms with Crippen LogP contribution in [0.2, 0.25) is 5.02 Å². The second kappa shape index (κ2) is 8.54. The molecule has 7 heteroatoms. The molecular weight excluding hydrogens is 471 g/mol. The summed E-state index contributed by atoms with van der Waals surface area (Å²) >= 11 is 13.2. The van der Waals surface area contributed by atoms with Gasteiger partial charge in [-0.2, -0.15) is 0 Å². The number of halogens is 3. The van der Waals surface area contributed by atoms with Crippen LogP contribution in [0.15, 0.2) is 44.3 Å². The topological polar surface area (TPSA) is 34.1 Å². The summed E-state index contributed by atoms with van der Waals surface area (Å²) in [6, 6.07) is 9.72. The summed E-state index contributed by atoms with van der Waals surface area (Å²) in [4.78, 5) is 6.95. The highest BCUT2D eigenvalue weighted by Gasteiger charge is 2.15. The molecule has 1 fully saturated rings. The molecule has 2 aromatic carbocycles. The number of morpholine rings is 1. The number of rotatable bonds is 4. The van der Waals surface area contributed by atoms with E-state index in [0.717, 1.165) is 57.9 Å². The quantitative estimate of drug-likeness (QED) is 0.536. The predicted molar refractivity (Wildman–Crippen MR) is 110 cm³/mol. The second-order valence-electron chi connectivity index (χ2n) is 5.51. The lowest BCUT2D eigenvalue weighted by atomic mass is 10.2. The van der Waals surface area contributed by atoms with Gasteiger partial charge < -0.3 is 14.4 Å². The Morgan fingerprint density at radius 3 is 2.48 bits per heavy atom. The van der Waals surface area contributed by atoms with E-state index in [9.17, 15) is 0 Å². The van der Waals surface area contributed by atoms with Crippen molar-refractivity contribution in [2.75, 3.05) is 38.3 Å². The van der Waals surface area contributed by atoms with Gasteiger partial charge in [0.05, 0.1) is 40.6 Å². The normalized spacial score (nSPS) is 15.0. The van der Waals surface area contributed by atoms with Gasteiger partial charge in [-0.3, -0.25) is 4.99 Å². The van der Waals surface area contributed by atoms with Crippen LogP contribution in [0.5, 0.6) is 5.75 Å².